The highest BCUT2D eigenvalue weighted by Crippen LogP contribution is 2.40. The van der Waals surface area contributed by atoms with E-state index in [1.807, 2.05) is 55.5 Å². The van der Waals surface area contributed by atoms with Gasteiger partial charge >= 0.3 is 5.69 Å². The molecule has 0 radical (unpaired) electrons. The molecule has 1 aliphatic rings. The molecule has 0 spiro atoms. The van der Waals surface area contributed by atoms with Crippen LogP contribution in [0.1, 0.15) is 22.9 Å². The van der Waals surface area contributed by atoms with Crippen molar-refractivity contribution in [3.63, 3.8) is 0 Å². The minimum atomic E-state index is -0.348. The first-order valence-corrected chi connectivity index (χ1v) is 10.0. The summed E-state index contributed by atoms with van der Waals surface area (Å²) in [6.07, 6.45) is -0.348. The zero-order valence-corrected chi connectivity index (χ0v) is 17.3. The Morgan fingerprint density at radius 2 is 1.73 bits per heavy atom. The van der Waals surface area contributed by atoms with Crippen LogP contribution in [0.15, 0.2) is 64.2 Å². The van der Waals surface area contributed by atoms with Gasteiger partial charge in [0, 0.05) is 20.6 Å². The molecule has 0 amide bonds. The van der Waals surface area contributed by atoms with Gasteiger partial charge in [0.15, 0.2) is 0 Å². The molecule has 2 aromatic carbocycles. The molecule has 6 nitrogen and oxygen atoms in total. The van der Waals surface area contributed by atoms with E-state index in [4.69, 9.17) is 4.74 Å². The van der Waals surface area contributed by atoms with Gasteiger partial charge in [0.05, 0.1) is 28.9 Å². The number of rotatable bonds is 2. The fourth-order valence-corrected chi connectivity index (χ4v) is 4.55. The number of benzene rings is 2. The molecule has 0 fully saturated rings. The second-order valence-electron chi connectivity index (χ2n) is 7.85. The molecule has 0 N–H and O–H groups in total. The maximum atomic E-state index is 13.3. The molecule has 0 bridgehead atoms. The zero-order valence-electron chi connectivity index (χ0n) is 17.3. The van der Waals surface area contributed by atoms with Crippen LogP contribution in [0.2, 0.25) is 0 Å². The number of hydrogen-bond acceptors (Lipinski definition) is 3. The number of nitrogens with zero attached hydrogens (tertiary/aromatic N) is 3. The van der Waals surface area contributed by atoms with E-state index in [2.05, 4.69) is 10.6 Å². The normalized spacial score (nSPS) is 16.0. The standard InChI is InChI=1S/C24H23N3O3/c1-15-8-7-11-17(14-15)19-18-20(25(2)24(29)26(3)23(18)28)21-22(30-13-12-27(19)21)16-9-5-4-6-10-16/h4-11,14,22H,12-13H2,1-3H3/t22-/m0/s1. The van der Waals surface area contributed by atoms with Gasteiger partial charge in [0.25, 0.3) is 5.56 Å². The summed E-state index contributed by atoms with van der Waals surface area (Å²) in [5.74, 6) is 0. The minimum Gasteiger partial charge on any atom is -0.365 e. The molecular weight excluding hydrogens is 378 g/mol. The summed E-state index contributed by atoms with van der Waals surface area (Å²) in [6, 6.07) is 18.1. The lowest BCUT2D eigenvalue weighted by Gasteiger charge is -2.27. The third-order valence-corrected chi connectivity index (χ3v) is 5.95. The van der Waals surface area contributed by atoms with Gasteiger partial charge in [-0.1, -0.05) is 54.1 Å². The van der Waals surface area contributed by atoms with Crippen LogP contribution >= 0.6 is 0 Å². The van der Waals surface area contributed by atoms with Crippen molar-refractivity contribution in [3.05, 3.63) is 92.3 Å². The fourth-order valence-electron chi connectivity index (χ4n) is 4.55. The first kappa shape index (κ1) is 18.6. The average Bonchev–Trinajstić information content (AvgIpc) is 3.12. The lowest BCUT2D eigenvalue weighted by Crippen LogP contribution is -2.37. The number of aryl methyl sites for hydroxylation is 2. The molecule has 0 saturated carbocycles. The van der Waals surface area contributed by atoms with Crippen LogP contribution in [0.3, 0.4) is 0 Å². The van der Waals surface area contributed by atoms with Crippen molar-refractivity contribution in [2.75, 3.05) is 6.61 Å². The molecule has 6 heteroatoms. The van der Waals surface area contributed by atoms with E-state index in [1.54, 1.807) is 11.6 Å². The van der Waals surface area contributed by atoms with E-state index in [1.165, 1.54) is 11.6 Å². The summed E-state index contributed by atoms with van der Waals surface area (Å²) in [7, 11) is 3.26. The van der Waals surface area contributed by atoms with Crippen molar-refractivity contribution in [3.8, 4) is 11.3 Å². The highest BCUT2D eigenvalue weighted by molar-refractivity contribution is 5.96. The third-order valence-electron chi connectivity index (χ3n) is 5.95. The van der Waals surface area contributed by atoms with E-state index < -0.39 is 0 Å². The van der Waals surface area contributed by atoms with Crippen molar-refractivity contribution in [2.24, 2.45) is 14.1 Å². The average molecular weight is 401 g/mol. The molecule has 0 aliphatic carbocycles. The molecule has 30 heavy (non-hydrogen) atoms. The number of hydrogen-bond donors (Lipinski definition) is 0. The quantitative estimate of drug-likeness (QED) is 0.519. The Morgan fingerprint density at radius 3 is 2.47 bits per heavy atom. The molecule has 3 heterocycles. The molecule has 0 unspecified atom stereocenters. The Morgan fingerprint density at radius 1 is 0.967 bits per heavy atom. The Labute approximate surface area is 173 Å². The fraction of sp³-hybridized carbons (Fsp3) is 0.250. The number of ether oxygens (including phenoxy) is 1. The molecule has 1 atom stereocenters. The highest BCUT2D eigenvalue weighted by Gasteiger charge is 2.32. The minimum absolute atomic E-state index is 0.279. The predicted octanol–water partition coefficient (Wildman–Crippen LogP) is 3.13. The summed E-state index contributed by atoms with van der Waals surface area (Å²) in [5, 5.41) is 0.562. The van der Waals surface area contributed by atoms with E-state index in [-0.39, 0.29) is 17.4 Å². The predicted molar refractivity (Wildman–Crippen MR) is 117 cm³/mol. The van der Waals surface area contributed by atoms with E-state index in [0.717, 1.165) is 28.1 Å². The van der Waals surface area contributed by atoms with E-state index in [9.17, 15) is 9.59 Å². The summed E-state index contributed by atoms with van der Waals surface area (Å²) in [6.45, 7) is 3.18. The molecule has 5 rings (SSSR count). The van der Waals surface area contributed by atoms with Gasteiger partial charge in [-0.2, -0.15) is 0 Å². The van der Waals surface area contributed by atoms with Gasteiger partial charge in [-0.3, -0.25) is 13.9 Å². The van der Waals surface area contributed by atoms with Gasteiger partial charge in [0.2, 0.25) is 0 Å². The van der Waals surface area contributed by atoms with Crippen LogP contribution in [0.25, 0.3) is 22.2 Å². The Hall–Kier alpha value is -3.38. The summed E-state index contributed by atoms with van der Waals surface area (Å²) < 4.78 is 11.1. The third kappa shape index (κ3) is 2.60. The lowest BCUT2D eigenvalue weighted by atomic mass is 10.0. The molecule has 152 valence electrons. The first-order valence-electron chi connectivity index (χ1n) is 10.0. The van der Waals surface area contributed by atoms with Crippen molar-refractivity contribution in [1.82, 2.24) is 13.7 Å². The van der Waals surface area contributed by atoms with Gasteiger partial charge < -0.3 is 9.30 Å². The Kier molecular flexibility index (Phi) is 4.25. The number of fused-ring (bicyclic) bond motifs is 3. The van der Waals surface area contributed by atoms with Crippen molar-refractivity contribution < 1.29 is 4.74 Å². The SMILES string of the molecule is Cc1cccc(-c2c3c(=O)n(C)c(=O)n(C)c3c3n2CCO[C@H]3c2ccccc2)c1. The number of aromatic nitrogens is 3. The first-order chi connectivity index (χ1) is 14.5. The monoisotopic (exact) mass is 401 g/mol. The van der Waals surface area contributed by atoms with Crippen molar-refractivity contribution >= 4 is 10.9 Å². The smallest absolute Gasteiger partial charge is 0.331 e. The van der Waals surface area contributed by atoms with Crippen LogP contribution < -0.4 is 11.2 Å². The molecule has 0 saturated heterocycles. The van der Waals surface area contributed by atoms with E-state index in [0.29, 0.717) is 24.1 Å². The van der Waals surface area contributed by atoms with E-state index >= 15 is 0 Å². The Bertz CT molecular complexity index is 1390. The maximum absolute atomic E-state index is 13.3. The maximum Gasteiger partial charge on any atom is 0.331 e. The Balaban J connectivity index is 1.97. The van der Waals surface area contributed by atoms with Crippen LogP contribution in [0.4, 0.5) is 0 Å². The largest absolute Gasteiger partial charge is 0.365 e. The molecule has 4 aromatic rings. The topological polar surface area (TPSA) is 58.2 Å². The van der Waals surface area contributed by atoms with Crippen LogP contribution in [0.5, 0.6) is 0 Å². The highest BCUT2D eigenvalue weighted by atomic mass is 16.5. The second kappa shape index (κ2) is 6.85. The summed E-state index contributed by atoms with van der Waals surface area (Å²) >= 11 is 0. The molecular formula is C24H23N3O3. The van der Waals surface area contributed by atoms with Gasteiger partial charge in [-0.25, -0.2) is 4.79 Å². The van der Waals surface area contributed by atoms with Crippen molar-refractivity contribution in [1.29, 1.82) is 0 Å². The zero-order chi connectivity index (χ0) is 21.0. The van der Waals surface area contributed by atoms with Gasteiger partial charge in [0.1, 0.15) is 6.10 Å². The van der Waals surface area contributed by atoms with Crippen LogP contribution in [-0.2, 0) is 25.4 Å². The van der Waals surface area contributed by atoms with Crippen LogP contribution in [0, 0.1) is 6.92 Å². The van der Waals surface area contributed by atoms with Gasteiger partial charge in [-0.05, 0) is 24.1 Å². The van der Waals surface area contributed by atoms with Crippen LogP contribution in [-0.4, -0.2) is 20.3 Å². The van der Waals surface area contributed by atoms with Crippen molar-refractivity contribution in [2.45, 2.75) is 19.6 Å². The second-order valence-corrected chi connectivity index (χ2v) is 7.85. The molecule has 1 aliphatic heterocycles. The summed E-state index contributed by atoms with van der Waals surface area (Å²) in [5.41, 5.74) is 4.82. The molecule has 2 aromatic heterocycles. The lowest BCUT2D eigenvalue weighted by molar-refractivity contribution is 0.0478. The van der Waals surface area contributed by atoms with Gasteiger partial charge in [-0.15, -0.1) is 0 Å². The summed E-state index contributed by atoms with van der Waals surface area (Å²) in [4.78, 5) is 26.1.